The van der Waals surface area contributed by atoms with Gasteiger partial charge in [-0.05, 0) is 55.4 Å². The van der Waals surface area contributed by atoms with Crippen molar-refractivity contribution in [2.75, 3.05) is 5.75 Å². The second-order valence-electron chi connectivity index (χ2n) is 9.55. The Balaban J connectivity index is 0.0000109. The Hall–Kier alpha value is -0.0700. The molecule has 0 aromatic heterocycles. The van der Waals surface area contributed by atoms with Crippen molar-refractivity contribution < 1.29 is 47.3 Å². The molecule has 1 atom stereocenters. The van der Waals surface area contributed by atoms with E-state index in [1.807, 2.05) is 13.0 Å². The van der Waals surface area contributed by atoms with Gasteiger partial charge in [0.1, 0.15) is 11.9 Å². The van der Waals surface area contributed by atoms with Crippen LogP contribution in [0.25, 0.3) is 0 Å². The summed E-state index contributed by atoms with van der Waals surface area (Å²) in [7, 11) is -4.30. The van der Waals surface area contributed by atoms with Gasteiger partial charge in [-0.2, -0.15) is 0 Å². The van der Waals surface area contributed by atoms with Crippen molar-refractivity contribution in [2.45, 2.75) is 136 Å². The van der Waals surface area contributed by atoms with Crippen molar-refractivity contribution in [3.63, 3.8) is 0 Å². The molecule has 0 aliphatic rings. The van der Waals surface area contributed by atoms with E-state index in [0.717, 1.165) is 12.8 Å². The third-order valence-corrected chi connectivity index (χ3v) is 7.21. The van der Waals surface area contributed by atoms with Crippen molar-refractivity contribution in [3.05, 3.63) is 29.3 Å². The van der Waals surface area contributed by atoms with Crippen LogP contribution in [0.5, 0.6) is 5.75 Å². The zero-order valence-electron chi connectivity index (χ0n) is 22.6. The largest absolute Gasteiger partial charge is 1.00 e. The van der Waals surface area contributed by atoms with Crippen LogP contribution in [0.4, 0.5) is 0 Å². The minimum Gasteiger partial charge on any atom is -0.748 e. The van der Waals surface area contributed by atoms with Crippen molar-refractivity contribution in [1.29, 1.82) is 0 Å². The topological polar surface area (TPSA) is 66.4 Å². The summed E-state index contributed by atoms with van der Waals surface area (Å²) in [6, 6.07) is 6.19. The van der Waals surface area contributed by atoms with Crippen LogP contribution in [-0.2, 0) is 23.0 Å². The molecule has 6 heteroatoms. The first-order valence-corrected chi connectivity index (χ1v) is 15.2. The normalized spacial score (nSPS) is 12.4. The Morgan fingerprint density at radius 1 is 0.735 bits per heavy atom. The van der Waals surface area contributed by atoms with Crippen LogP contribution >= 0.6 is 0 Å². The van der Waals surface area contributed by atoms with Crippen LogP contribution in [0, 0.1) is 0 Å². The van der Waals surface area contributed by atoms with E-state index in [0.29, 0.717) is 12.2 Å². The molecule has 34 heavy (non-hydrogen) atoms. The van der Waals surface area contributed by atoms with Crippen LogP contribution in [-0.4, -0.2) is 24.8 Å². The molecule has 0 saturated carbocycles. The number of rotatable bonds is 21. The van der Waals surface area contributed by atoms with Gasteiger partial charge in [0.25, 0.3) is 0 Å². The van der Waals surface area contributed by atoms with Gasteiger partial charge in [0.15, 0.2) is 0 Å². The van der Waals surface area contributed by atoms with E-state index in [-0.39, 0.29) is 29.6 Å². The number of benzene rings is 1. The fraction of sp³-hybridized carbons (Fsp3) is 0.786. The third kappa shape index (κ3) is 17.4. The maximum atomic E-state index is 11.2. The van der Waals surface area contributed by atoms with Gasteiger partial charge in [0.05, 0.1) is 15.9 Å². The van der Waals surface area contributed by atoms with Gasteiger partial charge in [-0.25, -0.2) is 8.42 Å². The Morgan fingerprint density at radius 2 is 1.21 bits per heavy atom. The molecule has 0 N–H and O–H groups in total. The van der Waals surface area contributed by atoms with Gasteiger partial charge in [-0.1, -0.05) is 104 Å². The average Bonchev–Trinajstić information content (AvgIpc) is 2.77. The Morgan fingerprint density at radius 3 is 1.68 bits per heavy atom. The monoisotopic (exact) mass is 504 g/mol. The second-order valence-corrected chi connectivity index (χ2v) is 11.0. The smallest absolute Gasteiger partial charge is 0.748 e. The summed E-state index contributed by atoms with van der Waals surface area (Å²) in [5.74, 6) is 0.211. The number of hydrogen-bond donors (Lipinski definition) is 0. The molecule has 0 amide bonds. The molecule has 1 unspecified atom stereocenters. The molecule has 0 fully saturated rings. The van der Waals surface area contributed by atoms with Crippen molar-refractivity contribution >= 4 is 10.1 Å². The Bertz CT molecular complexity index is 721. The number of ether oxygens (including phenoxy) is 1. The predicted molar refractivity (Wildman–Crippen MR) is 139 cm³/mol. The van der Waals surface area contributed by atoms with Gasteiger partial charge in [0, 0.05) is 0 Å². The molecule has 1 aromatic rings. The fourth-order valence-corrected chi connectivity index (χ4v) is 5.11. The maximum Gasteiger partial charge on any atom is 1.00 e. The SMILES string of the molecule is CCCCCCCCCc1ccc(OC(CC)CS(=O)(=O)[O-])cc1CCCCCCCCC.[Na+]. The van der Waals surface area contributed by atoms with E-state index in [9.17, 15) is 13.0 Å². The van der Waals surface area contributed by atoms with Crippen molar-refractivity contribution in [3.8, 4) is 5.75 Å². The van der Waals surface area contributed by atoms with Gasteiger partial charge in [-0.3, -0.25) is 0 Å². The van der Waals surface area contributed by atoms with Crippen LogP contribution in [0.2, 0.25) is 0 Å². The van der Waals surface area contributed by atoms with Crippen molar-refractivity contribution in [1.82, 2.24) is 0 Å². The van der Waals surface area contributed by atoms with Crippen LogP contribution in [0.3, 0.4) is 0 Å². The molecule has 0 aliphatic carbocycles. The first kappa shape index (κ1) is 33.9. The second kappa shape index (κ2) is 21.1. The van der Waals surface area contributed by atoms with Gasteiger partial charge < -0.3 is 9.29 Å². The quantitative estimate of drug-likeness (QED) is 0.135. The summed E-state index contributed by atoms with van der Waals surface area (Å²) >= 11 is 0. The molecule has 0 heterocycles. The molecule has 0 bridgehead atoms. The standard InChI is InChI=1S/C28H50O4S.Na/c1-4-7-9-11-13-15-17-19-25-21-22-28(32-27(6-3)24-33(29,30)31)23-26(25)20-18-16-14-12-10-8-5-2;/h21-23,27H,4-20,24H2,1-3H3,(H,29,30,31);/q;+1/p-1. The van der Waals surface area contributed by atoms with E-state index in [1.54, 1.807) is 0 Å². The summed E-state index contributed by atoms with van der Waals surface area (Å²) in [5.41, 5.74) is 2.72. The minimum atomic E-state index is -4.30. The van der Waals surface area contributed by atoms with Crippen LogP contribution < -0.4 is 34.3 Å². The van der Waals surface area contributed by atoms with E-state index in [1.165, 1.54) is 101 Å². The number of hydrogen-bond acceptors (Lipinski definition) is 4. The van der Waals surface area contributed by atoms with Gasteiger partial charge >= 0.3 is 29.6 Å². The van der Waals surface area contributed by atoms with Crippen LogP contribution in [0.15, 0.2) is 18.2 Å². The molecule has 0 saturated heterocycles. The van der Waals surface area contributed by atoms with E-state index >= 15 is 0 Å². The summed E-state index contributed by atoms with van der Waals surface area (Å²) in [6.45, 7) is 6.35. The van der Waals surface area contributed by atoms with Crippen molar-refractivity contribution in [2.24, 2.45) is 0 Å². The molecule has 4 nitrogen and oxygen atoms in total. The summed E-state index contributed by atoms with van der Waals surface area (Å²) in [4.78, 5) is 0. The predicted octanol–water partition coefficient (Wildman–Crippen LogP) is 4.98. The Kier molecular flexibility index (Phi) is 21.0. The number of aryl methyl sites for hydroxylation is 2. The van der Waals surface area contributed by atoms with Crippen LogP contribution in [0.1, 0.15) is 128 Å². The average molecular weight is 505 g/mol. The van der Waals surface area contributed by atoms with E-state index < -0.39 is 22.0 Å². The molecule has 1 aromatic carbocycles. The molecule has 0 aliphatic heterocycles. The summed E-state index contributed by atoms with van der Waals surface area (Å²) in [6.07, 6.45) is 20.1. The first-order chi connectivity index (χ1) is 15.9. The van der Waals surface area contributed by atoms with E-state index in [4.69, 9.17) is 4.74 Å². The van der Waals surface area contributed by atoms with Gasteiger partial charge in [-0.15, -0.1) is 0 Å². The molecule has 192 valence electrons. The van der Waals surface area contributed by atoms with E-state index in [2.05, 4.69) is 26.0 Å². The minimum absolute atomic E-state index is 0. The van der Waals surface area contributed by atoms with Gasteiger partial charge in [0.2, 0.25) is 0 Å². The molecular weight excluding hydrogens is 455 g/mol. The zero-order valence-corrected chi connectivity index (χ0v) is 25.4. The third-order valence-electron chi connectivity index (χ3n) is 6.43. The maximum absolute atomic E-state index is 11.2. The zero-order chi connectivity index (χ0) is 24.4. The summed E-state index contributed by atoms with van der Waals surface area (Å²) < 4.78 is 39.4. The molecular formula is C28H49NaO4S. The molecule has 0 radical (unpaired) electrons. The molecule has 0 spiro atoms. The Labute approximate surface area is 233 Å². The first-order valence-electron chi connectivity index (χ1n) is 13.6. The number of unbranched alkanes of at least 4 members (excludes halogenated alkanes) is 12. The molecule has 1 rings (SSSR count). The fourth-order valence-electron chi connectivity index (χ4n) is 4.35. The summed E-state index contributed by atoms with van der Waals surface area (Å²) in [5, 5.41) is 0.